The zero-order valence-corrected chi connectivity index (χ0v) is 15.7. The Morgan fingerprint density at radius 2 is 1.76 bits per heavy atom. The summed E-state index contributed by atoms with van der Waals surface area (Å²) in [5.74, 6) is 0.356. The van der Waals surface area contributed by atoms with Crippen LogP contribution in [0.2, 0.25) is 0 Å². The van der Waals surface area contributed by atoms with Crippen molar-refractivity contribution in [3.05, 3.63) is 70.5 Å². The number of carbonyl (C=O) groups excluding carboxylic acids is 1. The molecule has 0 saturated heterocycles. The molecule has 0 aliphatic heterocycles. The van der Waals surface area contributed by atoms with Crippen molar-refractivity contribution in [2.75, 3.05) is 0 Å². The lowest BCUT2D eigenvalue weighted by atomic mass is 9.82. The van der Waals surface area contributed by atoms with E-state index in [1.165, 1.54) is 0 Å². The van der Waals surface area contributed by atoms with Gasteiger partial charge in [0.15, 0.2) is 5.65 Å². The Balaban J connectivity index is 1.29. The maximum absolute atomic E-state index is 12.7. The van der Waals surface area contributed by atoms with Gasteiger partial charge in [-0.25, -0.2) is 5.10 Å². The number of amides is 1. The number of pyridine rings is 1. The van der Waals surface area contributed by atoms with Crippen molar-refractivity contribution in [3.63, 3.8) is 0 Å². The van der Waals surface area contributed by atoms with Crippen LogP contribution in [0.25, 0.3) is 16.4 Å². The number of H-pyrrole nitrogens is 1. The monoisotopic (exact) mass is 388 g/mol. The lowest BCUT2D eigenvalue weighted by Crippen LogP contribution is -2.38. The van der Waals surface area contributed by atoms with Crippen molar-refractivity contribution in [3.8, 4) is 0 Å². The molecule has 1 aliphatic carbocycles. The molecule has 0 bridgehead atoms. The molecule has 146 valence electrons. The molecule has 8 heteroatoms. The molecular formula is C21H20N6O2. The predicted molar refractivity (Wildman–Crippen MR) is 108 cm³/mol. The maximum atomic E-state index is 12.7. The number of hydrogen-bond donors (Lipinski definition) is 2. The van der Waals surface area contributed by atoms with Gasteiger partial charge in [0, 0.05) is 23.5 Å². The minimum absolute atomic E-state index is 0.0869. The molecule has 1 aromatic carbocycles. The second kappa shape index (κ2) is 7.12. The highest BCUT2D eigenvalue weighted by molar-refractivity contribution is 5.91. The molecule has 0 atom stereocenters. The van der Waals surface area contributed by atoms with E-state index in [4.69, 9.17) is 0 Å². The van der Waals surface area contributed by atoms with E-state index >= 15 is 0 Å². The first-order valence-corrected chi connectivity index (χ1v) is 9.78. The van der Waals surface area contributed by atoms with Crippen LogP contribution in [0.1, 0.15) is 47.9 Å². The van der Waals surface area contributed by atoms with E-state index in [-0.39, 0.29) is 23.4 Å². The Labute approximate surface area is 166 Å². The first-order chi connectivity index (χ1) is 14.2. The fourth-order valence-electron chi connectivity index (χ4n) is 4.20. The molecule has 0 radical (unpaired) electrons. The summed E-state index contributed by atoms with van der Waals surface area (Å²) in [6.45, 7) is 0. The SMILES string of the molecule is O=C(N[C@H]1CC[C@H](c2n[nH]c(=O)c3ccccc32)CC1)c1nnc2ccccn12. The second-order valence-electron chi connectivity index (χ2n) is 7.46. The molecule has 0 spiro atoms. The average molecular weight is 388 g/mol. The smallest absolute Gasteiger partial charge is 0.289 e. The summed E-state index contributed by atoms with van der Waals surface area (Å²) in [6.07, 6.45) is 5.28. The zero-order valence-electron chi connectivity index (χ0n) is 15.7. The first-order valence-electron chi connectivity index (χ1n) is 9.78. The lowest BCUT2D eigenvalue weighted by Gasteiger charge is -2.29. The fraction of sp³-hybridized carbons (Fsp3) is 0.286. The van der Waals surface area contributed by atoms with Gasteiger partial charge in [0.1, 0.15) is 0 Å². The Morgan fingerprint density at radius 3 is 2.59 bits per heavy atom. The van der Waals surface area contributed by atoms with Crippen LogP contribution in [0.3, 0.4) is 0 Å². The summed E-state index contributed by atoms with van der Waals surface area (Å²) in [4.78, 5) is 24.7. The number of carbonyl (C=O) groups is 1. The maximum Gasteiger partial charge on any atom is 0.289 e. The van der Waals surface area contributed by atoms with E-state index in [1.807, 2.05) is 42.5 Å². The number of rotatable bonds is 3. The summed E-state index contributed by atoms with van der Waals surface area (Å²) in [7, 11) is 0. The van der Waals surface area contributed by atoms with E-state index in [2.05, 4.69) is 25.7 Å². The summed E-state index contributed by atoms with van der Waals surface area (Å²) >= 11 is 0. The standard InChI is InChI=1S/C21H20N6O2/c28-20-16-6-2-1-5-15(16)18(24-26-20)13-8-10-14(11-9-13)22-21(29)19-25-23-17-7-3-4-12-27(17)19/h1-7,12-14H,8-11H2,(H,22,29)(H,26,28)/t13-,14-. The van der Waals surface area contributed by atoms with Gasteiger partial charge in [0.2, 0.25) is 5.82 Å². The molecule has 2 N–H and O–H groups in total. The van der Waals surface area contributed by atoms with Crippen LogP contribution in [0, 0.1) is 0 Å². The van der Waals surface area contributed by atoms with Crippen LogP contribution in [0.15, 0.2) is 53.5 Å². The van der Waals surface area contributed by atoms with Gasteiger partial charge in [-0.05, 0) is 43.9 Å². The molecule has 1 saturated carbocycles. The topological polar surface area (TPSA) is 105 Å². The minimum atomic E-state index is -0.209. The van der Waals surface area contributed by atoms with Gasteiger partial charge in [-0.15, -0.1) is 10.2 Å². The van der Waals surface area contributed by atoms with Gasteiger partial charge in [-0.1, -0.05) is 24.3 Å². The van der Waals surface area contributed by atoms with Crippen molar-refractivity contribution in [1.82, 2.24) is 30.1 Å². The zero-order chi connectivity index (χ0) is 19.8. The van der Waals surface area contributed by atoms with Crippen molar-refractivity contribution >= 4 is 22.3 Å². The summed E-state index contributed by atoms with van der Waals surface area (Å²) in [5, 5.41) is 19.7. The molecule has 5 rings (SSSR count). The molecule has 0 unspecified atom stereocenters. The molecular weight excluding hydrogens is 368 g/mol. The first kappa shape index (κ1) is 17.5. The van der Waals surface area contributed by atoms with Gasteiger partial charge >= 0.3 is 0 Å². The van der Waals surface area contributed by atoms with Gasteiger partial charge in [-0.2, -0.15) is 5.10 Å². The summed E-state index contributed by atoms with van der Waals surface area (Å²) in [6, 6.07) is 13.2. The third-order valence-corrected chi connectivity index (χ3v) is 5.69. The molecule has 3 aromatic heterocycles. The van der Waals surface area contributed by atoms with Crippen molar-refractivity contribution in [1.29, 1.82) is 0 Å². The van der Waals surface area contributed by atoms with Crippen molar-refractivity contribution in [2.24, 2.45) is 0 Å². The molecule has 3 heterocycles. The van der Waals surface area contributed by atoms with E-state index in [1.54, 1.807) is 10.6 Å². The highest BCUT2D eigenvalue weighted by Gasteiger charge is 2.27. The van der Waals surface area contributed by atoms with E-state index in [0.29, 0.717) is 16.9 Å². The molecule has 4 aromatic rings. The number of aromatic amines is 1. The van der Waals surface area contributed by atoms with Gasteiger partial charge in [0.05, 0.1) is 11.1 Å². The highest BCUT2D eigenvalue weighted by atomic mass is 16.2. The second-order valence-corrected chi connectivity index (χ2v) is 7.46. The van der Waals surface area contributed by atoms with Gasteiger partial charge < -0.3 is 5.32 Å². The number of hydrogen-bond acceptors (Lipinski definition) is 5. The van der Waals surface area contributed by atoms with Crippen LogP contribution >= 0.6 is 0 Å². The van der Waals surface area contributed by atoms with Crippen LogP contribution in [0.5, 0.6) is 0 Å². The Kier molecular flexibility index (Phi) is 4.31. The normalized spacial score (nSPS) is 19.4. The quantitative estimate of drug-likeness (QED) is 0.561. The van der Waals surface area contributed by atoms with Crippen molar-refractivity contribution < 1.29 is 4.79 Å². The number of fused-ring (bicyclic) bond motifs is 2. The van der Waals surface area contributed by atoms with Crippen LogP contribution < -0.4 is 10.9 Å². The van der Waals surface area contributed by atoms with E-state index < -0.39 is 0 Å². The number of benzene rings is 1. The fourth-order valence-corrected chi connectivity index (χ4v) is 4.20. The minimum Gasteiger partial charge on any atom is -0.347 e. The summed E-state index contributed by atoms with van der Waals surface area (Å²) in [5.41, 5.74) is 1.43. The Morgan fingerprint density at radius 1 is 1.00 bits per heavy atom. The molecule has 29 heavy (non-hydrogen) atoms. The van der Waals surface area contributed by atoms with E-state index in [9.17, 15) is 9.59 Å². The largest absolute Gasteiger partial charge is 0.347 e. The van der Waals surface area contributed by atoms with Crippen LogP contribution in [-0.2, 0) is 0 Å². The molecule has 1 fully saturated rings. The predicted octanol–water partition coefficient (Wildman–Crippen LogP) is 2.42. The van der Waals surface area contributed by atoms with Crippen molar-refractivity contribution in [2.45, 2.75) is 37.6 Å². The average Bonchev–Trinajstić information content (AvgIpc) is 3.19. The van der Waals surface area contributed by atoms with Gasteiger partial charge in [0.25, 0.3) is 11.5 Å². The van der Waals surface area contributed by atoms with Crippen LogP contribution in [-0.4, -0.2) is 36.7 Å². The van der Waals surface area contributed by atoms with Crippen LogP contribution in [0.4, 0.5) is 0 Å². The highest BCUT2D eigenvalue weighted by Crippen LogP contribution is 2.34. The Hall–Kier alpha value is -3.55. The van der Waals surface area contributed by atoms with Gasteiger partial charge in [-0.3, -0.25) is 14.0 Å². The molecule has 1 aliphatic rings. The number of nitrogens with one attached hydrogen (secondary N) is 2. The number of aromatic nitrogens is 5. The Bertz CT molecular complexity index is 1250. The molecule has 1 amide bonds. The lowest BCUT2D eigenvalue weighted by molar-refractivity contribution is 0.0914. The molecule has 8 nitrogen and oxygen atoms in total. The van der Waals surface area contributed by atoms with E-state index in [0.717, 1.165) is 36.8 Å². The third kappa shape index (κ3) is 3.16. The third-order valence-electron chi connectivity index (χ3n) is 5.69. The summed E-state index contributed by atoms with van der Waals surface area (Å²) < 4.78 is 1.69. The number of nitrogens with zero attached hydrogens (tertiary/aromatic N) is 4.